The van der Waals surface area contributed by atoms with Gasteiger partial charge in [-0.15, -0.1) is 6.58 Å². The number of halogens is 1. The van der Waals surface area contributed by atoms with Gasteiger partial charge in [0.25, 0.3) is 0 Å². The zero-order valence-electron chi connectivity index (χ0n) is 8.78. The normalized spacial score (nSPS) is 9.56. The van der Waals surface area contributed by atoms with Gasteiger partial charge < -0.3 is 4.74 Å². The second-order valence-corrected chi connectivity index (χ2v) is 3.41. The van der Waals surface area contributed by atoms with E-state index in [1.807, 2.05) is 0 Å². The molecule has 0 fully saturated rings. The summed E-state index contributed by atoms with van der Waals surface area (Å²) in [5, 5.41) is 0.584. The molecule has 1 aromatic carbocycles. The lowest BCUT2D eigenvalue weighted by molar-refractivity contribution is -0.109. The lowest BCUT2D eigenvalue weighted by Crippen LogP contribution is -1.99. The first-order chi connectivity index (χ1) is 7.74. The van der Waals surface area contributed by atoms with Crippen LogP contribution in [0, 0.1) is 0 Å². The number of hydrogen-bond donors (Lipinski definition) is 0. The van der Waals surface area contributed by atoms with E-state index in [-0.39, 0.29) is 6.61 Å². The number of carbonyl (C=O) groups is 1. The maximum Gasteiger partial charge on any atom is 0.157 e. The highest BCUT2D eigenvalue weighted by atomic mass is 35.5. The minimum atomic E-state index is -0.0162. The third kappa shape index (κ3) is 2.70. The van der Waals surface area contributed by atoms with Gasteiger partial charge in [-0.1, -0.05) is 17.7 Å². The molecule has 3 nitrogen and oxygen atoms in total. The number of hydrogen-bond acceptors (Lipinski definition) is 3. The van der Waals surface area contributed by atoms with E-state index in [4.69, 9.17) is 16.3 Å². The average Bonchev–Trinajstić information content (AvgIpc) is 2.30. The second kappa shape index (κ2) is 6.08. The third-order valence-electron chi connectivity index (χ3n) is 2.00. The average molecular weight is 238 g/mol. The van der Waals surface area contributed by atoms with Gasteiger partial charge in [0.2, 0.25) is 0 Å². The van der Waals surface area contributed by atoms with Crippen molar-refractivity contribution < 1.29 is 9.53 Å². The predicted octanol–water partition coefficient (Wildman–Crippen LogP) is 2.98. The minimum absolute atomic E-state index is 0.0162. The maximum absolute atomic E-state index is 10.2. The zero-order valence-corrected chi connectivity index (χ0v) is 9.54. The van der Waals surface area contributed by atoms with Crippen LogP contribution in [0.4, 0.5) is 5.69 Å². The molecule has 1 aromatic rings. The molecular formula is C12H12ClNO2. The molecule has 0 aliphatic rings. The van der Waals surface area contributed by atoms with Gasteiger partial charge in [0, 0.05) is 10.6 Å². The van der Waals surface area contributed by atoms with E-state index in [1.54, 1.807) is 18.2 Å². The lowest BCUT2D eigenvalue weighted by Gasteiger charge is -2.11. The molecule has 0 aliphatic carbocycles. The molecule has 0 radical (unpaired) electrons. The Kier molecular flexibility index (Phi) is 4.73. The fraction of sp³-hybridized carbons (Fsp3) is 0.167. The first-order valence-electron chi connectivity index (χ1n) is 4.70. The standard InChI is InChI=1S/C12H12ClNO2/c1-3-4-9-10(13)5-6-11(12(9)14-2)16-8-7-15/h3,5-7H,1-2,4,8H2. The number of aliphatic imine (C=N–C) groups is 1. The van der Waals surface area contributed by atoms with Crippen molar-refractivity contribution in [3.05, 3.63) is 35.4 Å². The SMILES string of the molecule is C=CCc1c(Cl)ccc(OCC=O)c1N=C. The lowest BCUT2D eigenvalue weighted by atomic mass is 10.1. The molecule has 4 heteroatoms. The molecule has 0 unspecified atom stereocenters. The van der Waals surface area contributed by atoms with Gasteiger partial charge in [0.1, 0.15) is 18.0 Å². The van der Waals surface area contributed by atoms with E-state index in [2.05, 4.69) is 18.3 Å². The van der Waals surface area contributed by atoms with Gasteiger partial charge in [0.05, 0.1) is 0 Å². The number of rotatable bonds is 6. The Morgan fingerprint density at radius 2 is 2.25 bits per heavy atom. The van der Waals surface area contributed by atoms with Crippen molar-refractivity contribution in [2.24, 2.45) is 4.99 Å². The number of benzene rings is 1. The van der Waals surface area contributed by atoms with Crippen LogP contribution in [-0.2, 0) is 11.2 Å². The summed E-state index contributed by atoms with van der Waals surface area (Å²) in [6.07, 6.45) is 2.97. The van der Waals surface area contributed by atoms with E-state index in [0.717, 1.165) is 5.56 Å². The molecular weight excluding hydrogens is 226 g/mol. The van der Waals surface area contributed by atoms with Crippen LogP contribution in [0.5, 0.6) is 5.75 Å². The van der Waals surface area contributed by atoms with Gasteiger partial charge in [-0.2, -0.15) is 0 Å². The van der Waals surface area contributed by atoms with Crippen molar-refractivity contribution in [2.75, 3.05) is 6.61 Å². The van der Waals surface area contributed by atoms with Gasteiger partial charge in [-0.3, -0.25) is 9.79 Å². The highest BCUT2D eigenvalue weighted by molar-refractivity contribution is 6.31. The Balaban J connectivity index is 3.18. The van der Waals surface area contributed by atoms with Crippen LogP contribution in [0.1, 0.15) is 5.56 Å². The number of aldehydes is 1. The number of allylic oxidation sites excluding steroid dienone is 1. The monoisotopic (exact) mass is 237 g/mol. The molecule has 0 aliphatic heterocycles. The van der Waals surface area contributed by atoms with Crippen LogP contribution in [0.15, 0.2) is 29.8 Å². The molecule has 16 heavy (non-hydrogen) atoms. The highest BCUT2D eigenvalue weighted by Gasteiger charge is 2.11. The van der Waals surface area contributed by atoms with Crippen LogP contribution >= 0.6 is 11.6 Å². The summed E-state index contributed by atoms with van der Waals surface area (Å²) in [5.74, 6) is 0.503. The number of ether oxygens (including phenoxy) is 1. The first kappa shape index (κ1) is 12.5. The summed E-state index contributed by atoms with van der Waals surface area (Å²) in [6, 6.07) is 3.37. The van der Waals surface area contributed by atoms with Crippen molar-refractivity contribution in [1.29, 1.82) is 0 Å². The topological polar surface area (TPSA) is 38.7 Å². The molecule has 0 aromatic heterocycles. The summed E-state index contributed by atoms with van der Waals surface area (Å²) < 4.78 is 5.22. The Morgan fingerprint density at radius 3 is 2.81 bits per heavy atom. The number of nitrogens with zero attached hydrogens (tertiary/aromatic N) is 1. The van der Waals surface area contributed by atoms with E-state index in [0.29, 0.717) is 29.2 Å². The van der Waals surface area contributed by atoms with Gasteiger partial charge in [-0.25, -0.2) is 0 Å². The van der Waals surface area contributed by atoms with E-state index in [1.165, 1.54) is 0 Å². The minimum Gasteiger partial charge on any atom is -0.484 e. The smallest absolute Gasteiger partial charge is 0.157 e. The van der Waals surface area contributed by atoms with Crippen molar-refractivity contribution in [1.82, 2.24) is 0 Å². The molecule has 0 atom stereocenters. The van der Waals surface area contributed by atoms with Crippen LogP contribution < -0.4 is 4.74 Å². The van der Waals surface area contributed by atoms with Crippen molar-refractivity contribution in [3.63, 3.8) is 0 Å². The maximum atomic E-state index is 10.2. The molecule has 84 valence electrons. The molecule has 1 rings (SSSR count). The number of carbonyl (C=O) groups excluding carboxylic acids is 1. The van der Waals surface area contributed by atoms with Crippen LogP contribution in [0.25, 0.3) is 0 Å². The van der Waals surface area contributed by atoms with E-state index in [9.17, 15) is 4.79 Å². The van der Waals surface area contributed by atoms with Crippen LogP contribution in [0.2, 0.25) is 5.02 Å². The molecule has 0 saturated carbocycles. The summed E-state index contributed by atoms with van der Waals surface area (Å²) in [7, 11) is 0. The molecule has 0 spiro atoms. The summed E-state index contributed by atoms with van der Waals surface area (Å²) >= 11 is 6.03. The Hall–Kier alpha value is -1.61. The van der Waals surface area contributed by atoms with Crippen LogP contribution in [-0.4, -0.2) is 19.6 Å². The van der Waals surface area contributed by atoms with Crippen LogP contribution in [0.3, 0.4) is 0 Å². The van der Waals surface area contributed by atoms with Gasteiger partial charge in [-0.05, 0) is 25.3 Å². The van der Waals surface area contributed by atoms with E-state index < -0.39 is 0 Å². The fourth-order valence-electron chi connectivity index (χ4n) is 1.34. The highest BCUT2D eigenvalue weighted by Crippen LogP contribution is 2.36. The Labute approximate surface area is 99.4 Å². The van der Waals surface area contributed by atoms with Crippen molar-refractivity contribution in [3.8, 4) is 5.75 Å². The molecule has 0 heterocycles. The Bertz CT molecular complexity index is 416. The molecule has 0 amide bonds. The van der Waals surface area contributed by atoms with Gasteiger partial charge in [0.15, 0.2) is 6.29 Å². The summed E-state index contributed by atoms with van der Waals surface area (Å²) in [4.78, 5) is 14.1. The summed E-state index contributed by atoms with van der Waals surface area (Å²) in [5.41, 5.74) is 1.37. The predicted molar refractivity (Wildman–Crippen MR) is 66.1 cm³/mol. The van der Waals surface area contributed by atoms with Crippen molar-refractivity contribution in [2.45, 2.75) is 6.42 Å². The van der Waals surface area contributed by atoms with Gasteiger partial charge >= 0.3 is 0 Å². The molecule has 0 saturated heterocycles. The molecule has 0 bridgehead atoms. The zero-order chi connectivity index (χ0) is 12.0. The Morgan fingerprint density at radius 1 is 1.50 bits per heavy atom. The molecule has 0 N–H and O–H groups in total. The first-order valence-corrected chi connectivity index (χ1v) is 5.07. The second-order valence-electron chi connectivity index (χ2n) is 3.00. The fourth-order valence-corrected chi connectivity index (χ4v) is 1.57. The van der Waals surface area contributed by atoms with E-state index >= 15 is 0 Å². The summed E-state index contributed by atoms with van der Waals surface area (Å²) in [6.45, 7) is 7.10. The van der Waals surface area contributed by atoms with Crippen molar-refractivity contribution >= 4 is 30.3 Å². The largest absolute Gasteiger partial charge is 0.484 e. The third-order valence-corrected chi connectivity index (χ3v) is 2.36. The quantitative estimate of drug-likeness (QED) is 0.433.